The molecule has 0 unspecified atom stereocenters. The Labute approximate surface area is 78.1 Å². The van der Waals surface area contributed by atoms with Gasteiger partial charge in [0.15, 0.2) is 0 Å². The Morgan fingerprint density at radius 2 is 2.17 bits per heavy atom. The summed E-state index contributed by atoms with van der Waals surface area (Å²) in [6, 6.07) is 0.876. The third kappa shape index (κ3) is 1.03. The topological polar surface area (TPSA) is 15.3 Å². The zero-order chi connectivity index (χ0) is 8.02. The van der Waals surface area contributed by atoms with Gasteiger partial charge in [0.2, 0.25) is 0 Å². The maximum Gasteiger partial charge on any atom is 0.0233 e. The number of hydrogen-bond acceptors (Lipinski definition) is 3. The molecule has 0 amide bonds. The van der Waals surface area contributed by atoms with Crippen molar-refractivity contribution in [1.82, 2.24) is 10.2 Å². The SMILES string of the molecule is C1C[C@H](N2CC3(CSC3)C2)CN1. The molecule has 3 saturated heterocycles. The van der Waals surface area contributed by atoms with Gasteiger partial charge in [0, 0.05) is 42.6 Å². The lowest BCUT2D eigenvalue weighted by atomic mass is 9.81. The standard InChI is InChI=1S/C9H16N2S/c1-2-10-3-8(1)11-4-9(5-11)6-12-7-9/h8,10H,1-7H2/t8-/m0/s1. The van der Waals surface area contributed by atoms with Gasteiger partial charge in [0.25, 0.3) is 0 Å². The Kier molecular flexibility index (Phi) is 1.68. The first kappa shape index (κ1) is 7.65. The number of nitrogens with zero attached hydrogens (tertiary/aromatic N) is 1. The minimum Gasteiger partial charge on any atom is -0.315 e. The van der Waals surface area contributed by atoms with E-state index in [-0.39, 0.29) is 0 Å². The van der Waals surface area contributed by atoms with Crippen LogP contribution in [0.25, 0.3) is 0 Å². The smallest absolute Gasteiger partial charge is 0.0233 e. The third-order valence-corrected chi connectivity index (χ3v) is 5.08. The Morgan fingerprint density at radius 1 is 1.33 bits per heavy atom. The van der Waals surface area contributed by atoms with E-state index in [4.69, 9.17) is 0 Å². The van der Waals surface area contributed by atoms with Crippen LogP contribution < -0.4 is 5.32 Å². The predicted molar refractivity (Wildman–Crippen MR) is 52.6 cm³/mol. The molecule has 3 heteroatoms. The van der Waals surface area contributed by atoms with Gasteiger partial charge >= 0.3 is 0 Å². The number of thioether (sulfide) groups is 1. The second-order valence-corrected chi connectivity index (χ2v) is 5.53. The molecule has 0 aromatic carbocycles. The fraction of sp³-hybridized carbons (Fsp3) is 1.00. The lowest BCUT2D eigenvalue weighted by Gasteiger charge is -2.57. The molecule has 0 saturated carbocycles. The highest BCUT2D eigenvalue weighted by Gasteiger charge is 2.49. The van der Waals surface area contributed by atoms with Crippen LogP contribution >= 0.6 is 11.8 Å². The first-order valence-electron chi connectivity index (χ1n) is 4.91. The van der Waals surface area contributed by atoms with E-state index in [1.807, 2.05) is 0 Å². The van der Waals surface area contributed by atoms with E-state index >= 15 is 0 Å². The first-order chi connectivity index (χ1) is 5.88. The van der Waals surface area contributed by atoms with Gasteiger partial charge in [-0.05, 0) is 13.0 Å². The summed E-state index contributed by atoms with van der Waals surface area (Å²) < 4.78 is 0. The highest BCUT2D eigenvalue weighted by molar-refractivity contribution is 8.00. The average Bonchev–Trinajstić information content (AvgIpc) is 2.32. The predicted octanol–water partition coefficient (Wildman–Crippen LogP) is 0.397. The van der Waals surface area contributed by atoms with Crippen molar-refractivity contribution in [2.75, 3.05) is 37.7 Å². The van der Waals surface area contributed by atoms with Crippen LogP contribution in [-0.2, 0) is 0 Å². The number of nitrogens with one attached hydrogen (secondary N) is 1. The molecule has 3 heterocycles. The van der Waals surface area contributed by atoms with Crippen molar-refractivity contribution in [2.24, 2.45) is 5.41 Å². The van der Waals surface area contributed by atoms with Gasteiger partial charge in [-0.1, -0.05) is 0 Å². The largest absolute Gasteiger partial charge is 0.315 e. The summed E-state index contributed by atoms with van der Waals surface area (Å²) in [6.07, 6.45) is 1.38. The van der Waals surface area contributed by atoms with E-state index in [0.29, 0.717) is 0 Å². The molecule has 2 nitrogen and oxygen atoms in total. The van der Waals surface area contributed by atoms with Gasteiger partial charge in [-0.15, -0.1) is 0 Å². The quantitative estimate of drug-likeness (QED) is 0.635. The van der Waals surface area contributed by atoms with Gasteiger partial charge in [-0.3, -0.25) is 4.90 Å². The molecule has 0 aromatic heterocycles. The zero-order valence-corrected chi connectivity index (χ0v) is 8.20. The fourth-order valence-corrected chi connectivity index (χ4v) is 3.74. The van der Waals surface area contributed by atoms with E-state index in [2.05, 4.69) is 22.0 Å². The van der Waals surface area contributed by atoms with Crippen molar-refractivity contribution < 1.29 is 0 Å². The maximum absolute atomic E-state index is 3.44. The molecule has 68 valence electrons. The van der Waals surface area contributed by atoms with Crippen LogP contribution in [0, 0.1) is 5.41 Å². The molecule has 3 rings (SSSR count). The Hall–Kier alpha value is 0.270. The van der Waals surface area contributed by atoms with Crippen molar-refractivity contribution >= 4 is 11.8 Å². The Morgan fingerprint density at radius 3 is 2.67 bits per heavy atom. The van der Waals surface area contributed by atoms with Crippen LogP contribution in [0.2, 0.25) is 0 Å². The molecule has 3 fully saturated rings. The second-order valence-electron chi connectivity index (χ2n) is 4.54. The van der Waals surface area contributed by atoms with E-state index in [1.165, 1.54) is 44.1 Å². The van der Waals surface area contributed by atoms with Crippen molar-refractivity contribution in [3.8, 4) is 0 Å². The molecule has 1 atom stereocenters. The van der Waals surface area contributed by atoms with Crippen molar-refractivity contribution in [3.63, 3.8) is 0 Å². The Balaban J connectivity index is 1.54. The Bertz CT molecular complexity index is 177. The zero-order valence-electron chi connectivity index (χ0n) is 7.38. The minimum atomic E-state index is 0.785. The van der Waals surface area contributed by atoms with Crippen LogP contribution in [0.3, 0.4) is 0 Å². The lowest BCUT2D eigenvalue weighted by Crippen LogP contribution is -2.65. The molecule has 0 bridgehead atoms. The highest BCUT2D eigenvalue weighted by Crippen LogP contribution is 2.46. The molecule has 3 aliphatic heterocycles. The number of likely N-dealkylation sites (tertiary alicyclic amines) is 1. The van der Waals surface area contributed by atoms with Crippen LogP contribution in [0.5, 0.6) is 0 Å². The highest BCUT2D eigenvalue weighted by atomic mass is 32.2. The van der Waals surface area contributed by atoms with Crippen molar-refractivity contribution in [1.29, 1.82) is 0 Å². The summed E-state index contributed by atoms with van der Waals surface area (Å²) in [5, 5.41) is 3.44. The van der Waals surface area contributed by atoms with Crippen LogP contribution in [0.15, 0.2) is 0 Å². The molecule has 0 radical (unpaired) electrons. The van der Waals surface area contributed by atoms with Crippen molar-refractivity contribution in [2.45, 2.75) is 12.5 Å². The van der Waals surface area contributed by atoms with E-state index in [9.17, 15) is 0 Å². The first-order valence-corrected chi connectivity index (χ1v) is 6.06. The number of hydrogen-bond donors (Lipinski definition) is 1. The summed E-state index contributed by atoms with van der Waals surface area (Å²) >= 11 is 2.12. The summed E-state index contributed by atoms with van der Waals surface area (Å²) in [5.74, 6) is 2.87. The fourth-order valence-electron chi connectivity index (χ4n) is 2.60. The van der Waals surface area contributed by atoms with Gasteiger partial charge < -0.3 is 5.32 Å². The summed E-state index contributed by atoms with van der Waals surface area (Å²) in [4.78, 5) is 2.68. The summed E-state index contributed by atoms with van der Waals surface area (Å²) in [7, 11) is 0. The second kappa shape index (κ2) is 2.63. The number of rotatable bonds is 1. The molecule has 0 aliphatic carbocycles. The molecule has 1 N–H and O–H groups in total. The van der Waals surface area contributed by atoms with E-state index in [0.717, 1.165) is 11.5 Å². The lowest BCUT2D eigenvalue weighted by molar-refractivity contribution is -0.000388. The summed E-state index contributed by atoms with van der Waals surface area (Å²) in [6.45, 7) is 5.27. The molecule has 0 aromatic rings. The van der Waals surface area contributed by atoms with Crippen molar-refractivity contribution in [3.05, 3.63) is 0 Å². The molecule has 12 heavy (non-hydrogen) atoms. The van der Waals surface area contributed by atoms with Crippen LogP contribution in [0.4, 0.5) is 0 Å². The monoisotopic (exact) mass is 184 g/mol. The van der Waals surface area contributed by atoms with E-state index in [1.54, 1.807) is 0 Å². The molecular weight excluding hydrogens is 168 g/mol. The van der Waals surface area contributed by atoms with Gasteiger partial charge in [0.1, 0.15) is 0 Å². The maximum atomic E-state index is 3.44. The minimum absolute atomic E-state index is 0.785. The van der Waals surface area contributed by atoms with Gasteiger partial charge in [-0.25, -0.2) is 0 Å². The molecule has 1 spiro atoms. The van der Waals surface area contributed by atoms with Crippen LogP contribution in [0.1, 0.15) is 6.42 Å². The normalized spacial score (nSPS) is 39.5. The third-order valence-electron chi connectivity index (χ3n) is 3.44. The van der Waals surface area contributed by atoms with E-state index < -0.39 is 0 Å². The average molecular weight is 184 g/mol. The van der Waals surface area contributed by atoms with Gasteiger partial charge in [0.05, 0.1) is 0 Å². The molecular formula is C9H16N2S. The molecule has 3 aliphatic rings. The van der Waals surface area contributed by atoms with Crippen LogP contribution in [-0.4, -0.2) is 48.6 Å². The summed E-state index contributed by atoms with van der Waals surface area (Å²) in [5.41, 5.74) is 0.785. The van der Waals surface area contributed by atoms with Gasteiger partial charge in [-0.2, -0.15) is 11.8 Å².